The molecule has 1 rings (SSSR count). The quantitative estimate of drug-likeness (QED) is 0.724. The lowest BCUT2D eigenvalue weighted by atomic mass is 10.1. The van der Waals surface area contributed by atoms with Crippen molar-refractivity contribution in [3.05, 3.63) is 23.9 Å². The maximum atomic E-state index is 4.29. The van der Waals surface area contributed by atoms with Gasteiger partial charge in [0, 0.05) is 12.2 Å². The van der Waals surface area contributed by atoms with Crippen LogP contribution in [0.3, 0.4) is 0 Å². The van der Waals surface area contributed by atoms with Gasteiger partial charge < -0.3 is 5.32 Å². The molecule has 1 aromatic rings. The summed E-state index contributed by atoms with van der Waals surface area (Å²) < 4.78 is 0. The SMILES string of the molecule is CNC(C)c1ccc(SC)nc1. The third kappa shape index (κ3) is 2.22. The minimum Gasteiger partial charge on any atom is -0.313 e. The minimum atomic E-state index is 0.383. The fourth-order valence-corrected chi connectivity index (χ4v) is 1.30. The molecule has 2 nitrogen and oxygen atoms in total. The van der Waals surface area contributed by atoms with Crippen LogP contribution < -0.4 is 5.32 Å². The van der Waals surface area contributed by atoms with Gasteiger partial charge in [0.25, 0.3) is 0 Å². The van der Waals surface area contributed by atoms with E-state index in [2.05, 4.69) is 23.3 Å². The molecule has 1 N–H and O–H groups in total. The van der Waals surface area contributed by atoms with Crippen LogP contribution in [0.1, 0.15) is 18.5 Å². The van der Waals surface area contributed by atoms with Crippen LogP contribution in [0, 0.1) is 0 Å². The minimum absolute atomic E-state index is 0.383. The third-order valence-electron chi connectivity index (χ3n) is 1.90. The maximum Gasteiger partial charge on any atom is 0.0957 e. The van der Waals surface area contributed by atoms with Crippen LogP contribution >= 0.6 is 11.8 Å². The number of nitrogens with one attached hydrogen (secondary N) is 1. The topological polar surface area (TPSA) is 24.9 Å². The molecule has 0 fully saturated rings. The van der Waals surface area contributed by atoms with E-state index in [0.717, 1.165) is 5.03 Å². The molecule has 66 valence electrons. The molecule has 0 bridgehead atoms. The van der Waals surface area contributed by atoms with Crippen LogP contribution in [0.2, 0.25) is 0 Å². The summed E-state index contributed by atoms with van der Waals surface area (Å²) in [6.07, 6.45) is 3.95. The summed E-state index contributed by atoms with van der Waals surface area (Å²) in [6.45, 7) is 2.12. The Morgan fingerprint density at radius 3 is 2.67 bits per heavy atom. The highest BCUT2D eigenvalue weighted by atomic mass is 32.2. The van der Waals surface area contributed by atoms with Crippen LogP contribution in [0.25, 0.3) is 0 Å². The average molecular weight is 182 g/mol. The van der Waals surface area contributed by atoms with Crippen LogP contribution in [-0.2, 0) is 0 Å². The number of hydrogen-bond acceptors (Lipinski definition) is 3. The zero-order chi connectivity index (χ0) is 8.97. The molecular formula is C9H14N2S. The van der Waals surface area contributed by atoms with E-state index >= 15 is 0 Å². The van der Waals surface area contributed by atoms with Gasteiger partial charge in [0.05, 0.1) is 5.03 Å². The molecule has 0 saturated carbocycles. The second kappa shape index (κ2) is 4.48. The summed E-state index contributed by atoms with van der Waals surface area (Å²) in [5.74, 6) is 0. The smallest absolute Gasteiger partial charge is 0.0957 e. The molecule has 0 radical (unpaired) electrons. The Kier molecular flexibility index (Phi) is 3.56. The first-order valence-electron chi connectivity index (χ1n) is 3.95. The Labute approximate surface area is 77.8 Å². The fraction of sp³-hybridized carbons (Fsp3) is 0.444. The Morgan fingerprint density at radius 1 is 1.50 bits per heavy atom. The summed E-state index contributed by atoms with van der Waals surface area (Å²) in [5, 5.41) is 4.24. The number of pyridine rings is 1. The van der Waals surface area contributed by atoms with Gasteiger partial charge in [-0.05, 0) is 31.9 Å². The lowest BCUT2D eigenvalue weighted by molar-refractivity contribution is 0.648. The van der Waals surface area contributed by atoms with Gasteiger partial charge in [0.2, 0.25) is 0 Å². The van der Waals surface area contributed by atoms with Crippen molar-refractivity contribution in [1.82, 2.24) is 10.3 Å². The van der Waals surface area contributed by atoms with E-state index in [4.69, 9.17) is 0 Å². The van der Waals surface area contributed by atoms with Gasteiger partial charge in [-0.25, -0.2) is 4.98 Å². The molecule has 1 atom stereocenters. The van der Waals surface area contributed by atoms with Gasteiger partial charge in [-0.2, -0.15) is 0 Å². The van der Waals surface area contributed by atoms with Gasteiger partial charge in [-0.3, -0.25) is 0 Å². The van der Waals surface area contributed by atoms with E-state index in [1.165, 1.54) is 5.56 Å². The first-order valence-corrected chi connectivity index (χ1v) is 5.17. The molecule has 0 amide bonds. The standard InChI is InChI=1S/C9H14N2S/c1-7(10-2)8-4-5-9(12-3)11-6-8/h4-7,10H,1-3H3. The highest BCUT2D eigenvalue weighted by Crippen LogP contribution is 2.15. The van der Waals surface area contributed by atoms with Crippen LogP contribution in [0.15, 0.2) is 23.4 Å². The predicted molar refractivity (Wildman–Crippen MR) is 53.5 cm³/mol. The molecule has 1 aromatic heterocycles. The van der Waals surface area contributed by atoms with Crippen molar-refractivity contribution in [2.45, 2.75) is 18.0 Å². The average Bonchev–Trinajstić information content (AvgIpc) is 2.17. The molecule has 3 heteroatoms. The Morgan fingerprint density at radius 2 is 2.25 bits per heavy atom. The van der Waals surface area contributed by atoms with E-state index < -0.39 is 0 Å². The van der Waals surface area contributed by atoms with Crippen molar-refractivity contribution in [2.24, 2.45) is 0 Å². The Bertz CT molecular complexity index is 233. The number of rotatable bonds is 3. The third-order valence-corrected chi connectivity index (χ3v) is 2.56. The van der Waals surface area contributed by atoms with Gasteiger partial charge in [-0.15, -0.1) is 11.8 Å². The normalized spacial score (nSPS) is 12.9. The van der Waals surface area contributed by atoms with E-state index in [0.29, 0.717) is 6.04 Å². The van der Waals surface area contributed by atoms with E-state index in [1.807, 2.05) is 25.6 Å². The zero-order valence-electron chi connectivity index (χ0n) is 7.66. The van der Waals surface area contributed by atoms with Crippen LogP contribution in [0.4, 0.5) is 0 Å². The van der Waals surface area contributed by atoms with Crippen molar-refractivity contribution in [3.63, 3.8) is 0 Å². The maximum absolute atomic E-state index is 4.29. The second-order valence-corrected chi connectivity index (χ2v) is 3.47. The summed E-state index contributed by atoms with van der Waals surface area (Å²) in [5.41, 5.74) is 1.23. The van der Waals surface area contributed by atoms with Crippen molar-refractivity contribution in [1.29, 1.82) is 0 Å². The van der Waals surface area contributed by atoms with E-state index in [9.17, 15) is 0 Å². The van der Waals surface area contributed by atoms with Crippen molar-refractivity contribution in [2.75, 3.05) is 13.3 Å². The highest BCUT2D eigenvalue weighted by molar-refractivity contribution is 7.98. The Balaban J connectivity index is 2.77. The molecule has 0 saturated heterocycles. The van der Waals surface area contributed by atoms with E-state index in [-0.39, 0.29) is 0 Å². The largest absolute Gasteiger partial charge is 0.313 e. The molecule has 0 aliphatic rings. The summed E-state index contributed by atoms with van der Waals surface area (Å²) in [7, 11) is 1.95. The molecule has 0 spiro atoms. The van der Waals surface area contributed by atoms with Gasteiger partial charge in [-0.1, -0.05) is 6.07 Å². The Hall–Kier alpha value is -0.540. The molecule has 0 aromatic carbocycles. The molecular weight excluding hydrogens is 168 g/mol. The van der Waals surface area contributed by atoms with Gasteiger partial charge in [0.1, 0.15) is 0 Å². The highest BCUT2D eigenvalue weighted by Gasteiger charge is 2.01. The fourth-order valence-electron chi connectivity index (χ4n) is 0.935. The summed E-state index contributed by atoms with van der Waals surface area (Å²) >= 11 is 1.67. The van der Waals surface area contributed by atoms with Crippen LogP contribution in [-0.4, -0.2) is 18.3 Å². The second-order valence-electron chi connectivity index (χ2n) is 2.64. The van der Waals surface area contributed by atoms with Crippen molar-refractivity contribution < 1.29 is 0 Å². The van der Waals surface area contributed by atoms with Gasteiger partial charge in [0.15, 0.2) is 0 Å². The monoisotopic (exact) mass is 182 g/mol. The molecule has 0 aliphatic carbocycles. The van der Waals surface area contributed by atoms with Crippen molar-refractivity contribution >= 4 is 11.8 Å². The lowest BCUT2D eigenvalue weighted by Gasteiger charge is -2.09. The number of thioether (sulfide) groups is 1. The predicted octanol–water partition coefficient (Wildman–Crippen LogP) is 2.08. The van der Waals surface area contributed by atoms with Gasteiger partial charge >= 0.3 is 0 Å². The van der Waals surface area contributed by atoms with E-state index in [1.54, 1.807) is 11.8 Å². The molecule has 1 heterocycles. The lowest BCUT2D eigenvalue weighted by Crippen LogP contribution is -2.12. The zero-order valence-corrected chi connectivity index (χ0v) is 8.48. The number of hydrogen-bond donors (Lipinski definition) is 1. The molecule has 0 aliphatic heterocycles. The van der Waals surface area contributed by atoms with Crippen molar-refractivity contribution in [3.8, 4) is 0 Å². The summed E-state index contributed by atoms with van der Waals surface area (Å²) in [6, 6.07) is 4.54. The first-order chi connectivity index (χ1) is 5.77. The summed E-state index contributed by atoms with van der Waals surface area (Å²) in [4.78, 5) is 4.29. The van der Waals surface area contributed by atoms with Crippen LogP contribution in [0.5, 0.6) is 0 Å². The number of nitrogens with zero attached hydrogens (tertiary/aromatic N) is 1. The first kappa shape index (κ1) is 9.55. The molecule has 1 unspecified atom stereocenters. The number of aromatic nitrogens is 1. The molecule has 12 heavy (non-hydrogen) atoms.